The van der Waals surface area contributed by atoms with E-state index < -0.39 is 5.60 Å². The SMILES string of the molecule is C[C@H](C[C@@H]1C=C[C@](C)(O)C1)[C@H]1CCC2C(=CBr)CCC[C@]21C. The van der Waals surface area contributed by atoms with Gasteiger partial charge in [-0.05, 0) is 85.9 Å². The van der Waals surface area contributed by atoms with Gasteiger partial charge >= 0.3 is 0 Å². The van der Waals surface area contributed by atoms with Gasteiger partial charge in [0.2, 0.25) is 0 Å². The molecule has 0 heterocycles. The van der Waals surface area contributed by atoms with Crippen LogP contribution in [0.3, 0.4) is 0 Å². The van der Waals surface area contributed by atoms with Gasteiger partial charge in [-0.15, -0.1) is 0 Å². The number of allylic oxidation sites excluding steroid dienone is 2. The first-order valence-electron chi connectivity index (χ1n) is 9.06. The Kier molecular flexibility index (Phi) is 4.64. The lowest BCUT2D eigenvalue weighted by atomic mass is 9.61. The highest BCUT2D eigenvalue weighted by molar-refractivity contribution is 9.11. The Morgan fingerprint density at radius 2 is 2.18 bits per heavy atom. The minimum absolute atomic E-state index is 0.502. The third-order valence-corrected chi connectivity index (χ3v) is 7.53. The molecule has 22 heavy (non-hydrogen) atoms. The summed E-state index contributed by atoms with van der Waals surface area (Å²) in [7, 11) is 0. The summed E-state index contributed by atoms with van der Waals surface area (Å²) in [6, 6.07) is 0. The van der Waals surface area contributed by atoms with Crippen LogP contribution in [0.15, 0.2) is 22.7 Å². The maximum atomic E-state index is 10.1. The molecule has 2 heteroatoms. The maximum Gasteiger partial charge on any atom is 0.0805 e. The van der Waals surface area contributed by atoms with Crippen molar-refractivity contribution in [2.45, 2.75) is 71.3 Å². The Hall–Kier alpha value is -0.0800. The van der Waals surface area contributed by atoms with Gasteiger partial charge in [-0.25, -0.2) is 0 Å². The Labute approximate surface area is 144 Å². The second-order valence-electron chi connectivity index (χ2n) is 8.67. The van der Waals surface area contributed by atoms with Crippen LogP contribution in [0, 0.1) is 29.1 Å². The molecule has 6 atom stereocenters. The second kappa shape index (κ2) is 6.09. The minimum atomic E-state index is -0.566. The molecule has 1 N–H and O–H groups in total. The van der Waals surface area contributed by atoms with Crippen LogP contribution < -0.4 is 0 Å². The molecule has 0 spiro atoms. The average molecular weight is 367 g/mol. The normalized spacial score (nSPS) is 47.9. The molecule has 0 amide bonds. The second-order valence-corrected chi connectivity index (χ2v) is 9.13. The largest absolute Gasteiger partial charge is 0.386 e. The summed E-state index contributed by atoms with van der Waals surface area (Å²) in [5, 5.41) is 10.1. The fourth-order valence-electron chi connectivity index (χ4n) is 5.96. The fourth-order valence-corrected chi connectivity index (χ4v) is 6.51. The third-order valence-electron chi connectivity index (χ3n) is 6.94. The topological polar surface area (TPSA) is 20.2 Å². The van der Waals surface area contributed by atoms with Crippen LogP contribution in [0.2, 0.25) is 0 Å². The third kappa shape index (κ3) is 2.98. The highest BCUT2D eigenvalue weighted by atomic mass is 79.9. The number of hydrogen-bond acceptors (Lipinski definition) is 1. The number of halogens is 1. The lowest BCUT2D eigenvalue weighted by molar-refractivity contribution is 0.0756. The van der Waals surface area contributed by atoms with Crippen molar-refractivity contribution in [2.24, 2.45) is 29.1 Å². The Morgan fingerprint density at radius 3 is 2.82 bits per heavy atom. The zero-order valence-electron chi connectivity index (χ0n) is 14.3. The van der Waals surface area contributed by atoms with Crippen LogP contribution in [0.5, 0.6) is 0 Å². The van der Waals surface area contributed by atoms with Gasteiger partial charge in [-0.1, -0.05) is 47.5 Å². The fraction of sp³-hybridized carbons (Fsp3) is 0.800. The number of rotatable bonds is 3. The first kappa shape index (κ1) is 16.8. The van der Waals surface area contributed by atoms with Crippen molar-refractivity contribution in [3.8, 4) is 0 Å². The zero-order valence-corrected chi connectivity index (χ0v) is 15.9. The van der Waals surface area contributed by atoms with Crippen LogP contribution >= 0.6 is 15.9 Å². The van der Waals surface area contributed by atoms with E-state index in [2.05, 4.69) is 40.8 Å². The predicted molar refractivity (Wildman–Crippen MR) is 96.8 cm³/mol. The quantitative estimate of drug-likeness (QED) is 0.622. The van der Waals surface area contributed by atoms with E-state index in [0.29, 0.717) is 11.3 Å². The summed E-state index contributed by atoms with van der Waals surface area (Å²) in [5.74, 6) is 2.98. The molecule has 124 valence electrons. The van der Waals surface area contributed by atoms with E-state index in [1.54, 1.807) is 5.57 Å². The Morgan fingerprint density at radius 1 is 1.41 bits per heavy atom. The lowest BCUT2D eigenvalue weighted by Crippen LogP contribution is -2.36. The zero-order chi connectivity index (χ0) is 16.0. The van der Waals surface area contributed by atoms with Crippen molar-refractivity contribution in [1.29, 1.82) is 0 Å². The lowest BCUT2D eigenvalue weighted by Gasteiger charge is -2.44. The van der Waals surface area contributed by atoms with E-state index >= 15 is 0 Å². The van der Waals surface area contributed by atoms with E-state index in [1.807, 2.05) is 13.0 Å². The van der Waals surface area contributed by atoms with Gasteiger partial charge in [-0.2, -0.15) is 0 Å². The van der Waals surface area contributed by atoms with Crippen molar-refractivity contribution in [3.63, 3.8) is 0 Å². The molecular weight excluding hydrogens is 336 g/mol. The van der Waals surface area contributed by atoms with Crippen LogP contribution in [-0.2, 0) is 0 Å². The molecule has 3 rings (SSSR count). The molecule has 2 saturated carbocycles. The number of aliphatic hydroxyl groups is 1. The number of fused-ring (bicyclic) bond motifs is 1. The Balaban J connectivity index is 1.69. The van der Waals surface area contributed by atoms with Crippen molar-refractivity contribution >= 4 is 15.9 Å². The van der Waals surface area contributed by atoms with E-state index in [0.717, 1.165) is 24.2 Å². The summed E-state index contributed by atoms with van der Waals surface area (Å²) >= 11 is 3.61. The monoisotopic (exact) mass is 366 g/mol. The van der Waals surface area contributed by atoms with Gasteiger partial charge in [0.15, 0.2) is 0 Å². The molecule has 0 aromatic carbocycles. The summed E-state index contributed by atoms with van der Waals surface area (Å²) in [5.41, 5.74) is 1.60. The first-order chi connectivity index (χ1) is 10.4. The van der Waals surface area contributed by atoms with Crippen LogP contribution in [0.1, 0.15) is 65.7 Å². The van der Waals surface area contributed by atoms with Gasteiger partial charge in [0.1, 0.15) is 0 Å². The maximum absolute atomic E-state index is 10.1. The van der Waals surface area contributed by atoms with Crippen molar-refractivity contribution in [3.05, 3.63) is 22.7 Å². The molecule has 0 saturated heterocycles. The van der Waals surface area contributed by atoms with Gasteiger partial charge in [-0.3, -0.25) is 0 Å². The standard InChI is InChI=1S/C20H31BrO/c1-14(11-15-8-10-19(2,22)12-15)17-6-7-18-16(13-21)5-4-9-20(17,18)3/h8,10,13-15,17-18,22H,4-7,9,11-12H2,1-3H3/t14-,15+,17-,18?,19+,20+/m1/s1. The van der Waals surface area contributed by atoms with Crippen LogP contribution in [-0.4, -0.2) is 10.7 Å². The average Bonchev–Trinajstić information content (AvgIpc) is 2.97. The van der Waals surface area contributed by atoms with E-state index in [-0.39, 0.29) is 0 Å². The molecule has 0 aromatic rings. The van der Waals surface area contributed by atoms with E-state index in [4.69, 9.17) is 0 Å². The van der Waals surface area contributed by atoms with Crippen LogP contribution in [0.25, 0.3) is 0 Å². The number of hydrogen-bond donors (Lipinski definition) is 1. The molecule has 0 radical (unpaired) electrons. The first-order valence-corrected chi connectivity index (χ1v) is 9.98. The molecule has 3 aliphatic carbocycles. The predicted octanol–water partition coefficient (Wildman–Crippen LogP) is 5.83. The summed E-state index contributed by atoms with van der Waals surface area (Å²) in [6.45, 7) is 6.96. The molecule has 0 bridgehead atoms. The molecule has 0 aliphatic heterocycles. The smallest absolute Gasteiger partial charge is 0.0805 e. The van der Waals surface area contributed by atoms with Crippen molar-refractivity contribution < 1.29 is 5.11 Å². The Bertz CT molecular complexity index is 478. The van der Waals surface area contributed by atoms with Crippen molar-refractivity contribution in [2.75, 3.05) is 0 Å². The highest BCUT2D eigenvalue weighted by Crippen LogP contribution is 2.60. The molecule has 1 nitrogen and oxygen atoms in total. The molecule has 3 aliphatic rings. The summed E-state index contributed by atoms with van der Waals surface area (Å²) in [6.07, 6.45) is 13.2. The molecular formula is C20H31BrO. The van der Waals surface area contributed by atoms with Gasteiger partial charge in [0.05, 0.1) is 5.60 Å². The highest BCUT2D eigenvalue weighted by Gasteiger charge is 2.50. The summed E-state index contributed by atoms with van der Waals surface area (Å²) in [4.78, 5) is 2.22. The van der Waals surface area contributed by atoms with E-state index in [9.17, 15) is 5.11 Å². The van der Waals surface area contributed by atoms with E-state index in [1.165, 1.54) is 38.5 Å². The van der Waals surface area contributed by atoms with Crippen LogP contribution in [0.4, 0.5) is 0 Å². The van der Waals surface area contributed by atoms with Crippen molar-refractivity contribution in [1.82, 2.24) is 0 Å². The van der Waals surface area contributed by atoms with Gasteiger partial charge in [0, 0.05) is 0 Å². The molecule has 1 unspecified atom stereocenters. The van der Waals surface area contributed by atoms with Gasteiger partial charge < -0.3 is 5.11 Å². The molecule has 2 fully saturated rings. The van der Waals surface area contributed by atoms with Gasteiger partial charge in [0.25, 0.3) is 0 Å². The molecule has 0 aromatic heterocycles. The summed E-state index contributed by atoms with van der Waals surface area (Å²) < 4.78 is 0. The minimum Gasteiger partial charge on any atom is -0.386 e.